The van der Waals surface area contributed by atoms with E-state index in [1.54, 1.807) is 24.3 Å². The molecule has 2 N–H and O–H groups in total. The van der Waals surface area contributed by atoms with Crippen LogP contribution in [0.1, 0.15) is 75.6 Å². The summed E-state index contributed by atoms with van der Waals surface area (Å²) in [6.45, 7) is 14.3. The SMILES string of the molecule is C=C[C@@H]1C[C@]1(CC(=O)[C@@H]1CC(Oc2cc(-c3nc(C(C)C)cs3)nc3c(C)c(C)ccc23)CN1)C(=O)NS(=O)(=O)C1(C)CC1. The first-order valence-electron chi connectivity index (χ1n) is 15.3. The Labute approximate surface area is 263 Å². The van der Waals surface area contributed by atoms with Crippen LogP contribution in [0.4, 0.5) is 0 Å². The lowest BCUT2D eigenvalue weighted by Crippen LogP contribution is -2.44. The molecular formula is C33H40N4O5S2. The highest BCUT2D eigenvalue weighted by molar-refractivity contribution is 7.91. The number of rotatable bonds is 11. The van der Waals surface area contributed by atoms with E-state index in [-0.39, 0.29) is 24.2 Å². The molecule has 3 heterocycles. The number of aromatic nitrogens is 2. The van der Waals surface area contributed by atoms with Gasteiger partial charge in [-0.2, -0.15) is 0 Å². The van der Waals surface area contributed by atoms with E-state index in [1.165, 1.54) is 0 Å². The molecule has 234 valence electrons. The first-order valence-corrected chi connectivity index (χ1v) is 17.6. The fourth-order valence-electron chi connectivity index (χ4n) is 6.01. The summed E-state index contributed by atoms with van der Waals surface area (Å²) in [4.78, 5) is 36.6. The molecule has 44 heavy (non-hydrogen) atoms. The van der Waals surface area contributed by atoms with Gasteiger partial charge in [0.25, 0.3) is 0 Å². The van der Waals surface area contributed by atoms with E-state index < -0.39 is 32.1 Å². The summed E-state index contributed by atoms with van der Waals surface area (Å²) >= 11 is 1.57. The van der Waals surface area contributed by atoms with Gasteiger partial charge in [0.05, 0.1) is 27.4 Å². The van der Waals surface area contributed by atoms with Crippen LogP contribution in [0, 0.1) is 25.2 Å². The summed E-state index contributed by atoms with van der Waals surface area (Å²) < 4.78 is 33.5. The van der Waals surface area contributed by atoms with Gasteiger partial charge in [-0.1, -0.05) is 26.0 Å². The van der Waals surface area contributed by atoms with Crippen molar-refractivity contribution in [3.05, 3.63) is 53.1 Å². The number of carbonyl (C=O) groups is 2. The molecule has 1 amide bonds. The van der Waals surface area contributed by atoms with E-state index in [9.17, 15) is 18.0 Å². The van der Waals surface area contributed by atoms with Crippen LogP contribution in [0.3, 0.4) is 0 Å². The van der Waals surface area contributed by atoms with E-state index in [0.29, 0.717) is 43.9 Å². The number of hydrogen-bond acceptors (Lipinski definition) is 9. The number of carbonyl (C=O) groups excluding carboxylic acids is 2. The zero-order valence-electron chi connectivity index (χ0n) is 25.9. The molecule has 2 saturated carbocycles. The van der Waals surface area contributed by atoms with Crippen LogP contribution in [-0.2, 0) is 19.6 Å². The van der Waals surface area contributed by atoms with E-state index in [4.69, 9.17) is 14.7 Å². The molecule has 11 heteroatoms. The van der Waals surface area contributed by atoms with Gasteiger partial charge < -0.3 is 10.1 Å². The summed E-state index contributed by atoms with van der Waals surface area (Å²) in [5.41, 5.74) is 3.78. The number of amides is 1. The molecule has 2 aromatic heterocycles. The lowest BCUT2D eigenvalue weighted by atomic mass is 9.92. The van der Waals surface area contributed by atoms with Gasteiger partial charge in [0, 0.05) is 36.2 Å². The lowest BCUT2D eigenvalue weighted by molar-refractivity contribution is -0.130. The van der Waals surface area contributed by atoms with Gasteiger partial charge in [-0.15, -0.1) is 17.9 Å². The molecule has 1 unspecified atom stereocenters. The number of aryl methyl sites for hydroxylation is 2. The van der Waals surface area contributed by atoms with Crippen molar-refractivity contribution in [2.75, 3.05) is 6.54 Å². The van der Waals surface area contributed by atoms with E-state index in [2.05, 4.69) is 55.8 Å². The minimum absolute atomic E-state index is 0.0464. The minimum atomic E-state index is -3.80. The molecule has 1 aliphatic heterocycles. The number of Topliss-reactive ketones (excluding diaryl/α,β-unsaturated/α-hetero) is 1. The number of benzene rings is 1. The molecule has 3 fully saturated rings. The Morgan fingerprint density at radius 1 is 1.25 bits per heavy atom. The van der Waals surface area contributed by atoms with Crippen LogP contribution in [0.15, 0.2) is 36.2 Å². The van der Waals surface area contributed by atoms with Crippen LogP contribution in [0.5, 0.6) is 5.75 Å². The molecule has 1 aromatic carbocycles. The van der Waals surface area contributed by atoms with E-state index in [0.717, 1.165) is 38.4 Å². The van der Waals surface area contributed by atoms with Crippen molar-refractivity contribution >= 4 is 44.0 Å². The maximum atomic E-state index is 13.5. The molecular weight excluding hydrogens is 597 g/mol. The van der Waals surface area contributed by atoms with Gasteiger partial charge in [0.2, 0.25) is 15.9 Å². The molecule has 9 nitrogen and oxygen atoms in total. The van der Waals surface area contributed by atoms with E-state index in [1.807, 2.05) is 12.1 Å². The van der Waals surface area contributed by atoms with Crippen molar-refractivity contribution in [1.82, 2.24) is 20.0 Å². The third kappa shape index (κ3) is 5.47. The van der Waals surface area contributed by atoms with Crippen LogP contribution in [0.25, 0.3) is 21.6 Å². The van der Waals surface area contributed by atoms with Crippen molar-refractivity contribution in [3.8, 4) is 16.5 Å². The van der Waals surface area contributed by atoms with Gasteiger partial charge in [-0.25, -0.2) is 18.4 Å². The van der Waals surface area contributed by atoms with Crippen LogP contribution in [0.2, 0.25) is 0 Å². The molecule has 1 saturated heterocycles. The van der Waals surface area contributed by atoms with Crippen molar-refractivity contribution in [1.29, 1.82) is 0 Å². The van der Waals surface area contributed by atoms with Crippen LogP contribution >= 0.6 is 11.3 Å². The van der Waals surface area contributed by atoms with Crippen molar-refractivity contribution in [2.24, 2.45) is 11.3 Å². The minimum Gasteiger partial charge on any atom is -0.488 e. The maximum absolute atomic E-state index is 13.5. The summed E-state index contributed by atoms with van der Waals surface area (Å²) in [6.07, 6.45) is 3.22. The monoisotopic (exact) mass is 636 g/mol. The Bertz CT molecular complexity index is 1780. The van der Waals surface area contributed by atoms with Gasteiger partial charge >= 0.3 is 0 Å². The van der Waals surface area contributed by atoms with E-state index >= 15 is 0 Å². The third-order valence-corrected chi connectivity index (χ3v) is 12.8. The molecule has 2 aliphatic carbocycles. The topological polar surface area (TPSA) is 127 Å². The first-order chi connectivity index (χ1) is 20.8. The number of nitrogens with zero attached hydrogens (tertiary/aromatic N) is 2. The number of ketones is 1. The molecule has 6 rings (SSSR count). The fraction of sp³-hybridized carbons (Fsp3) is 0.515. The smallest absolute Gasteiger partial charge is 0.240 e. The highest BCUT2D eigenvalue weighted by atomic mass is 32.2. The summed E-state index contributed by atoms with van der Waals surface area (Å²) in [5, 5.41) is 7.09. The Kier molecular flexibility index (Phi) is 7.73. The molecule has 3 aliphatic rings. The first kappa shape index (κ1) is 30.9. The normalized spacial score (nSPS) is 25.6. The van der Waals surface area contributed by atoms with Crippen LogP contribution in [-0.4, -0.2) is 53.5 Å². The van der Waals surface area contributed by atoms with Crippen LogP contribution < -0.4 is 14.8 Å². The Morgan fingerprint density at radius 3 is 2.64 bits per heavy atom. The van der Waals surface area contributed by atoms with Crippen molar-refractivity contribution in [3.63, 3.8) is 0 Å². The maximum Gasteiger partial charge on any atom is 0.240 e. The second-order valence-corrected chi connectivity index (χ2v) is 16.4. The lowest BCUT2D eigenvalue weighted by Gasteiger charge is -2.20. The molecule has 0 radical (unpaired) electrons. The molecule has 3 aromatic rings. The Morgan fingerprint density at radius 2 is 2.00 bits per heavy atom. The number of ether oxygens (including phenoxy) is 1. The second-order valence-electron chi connectivity index (χ2n) is 13.3. The summed E-state index contributed by atoms with van der Waals surface area (Å²) in [7, 11) is -3.80. The van der Waals surface area contributed by atoms with Gasteiger partial charge in [-0.05, 0) is 69.1 Å². The molecule has 0 bridgehead atoms. The van der Waals surface area contributed by atoms with Gasteiger partial charge in [0.1, 0.15) is 22.6 Å². The number of hydrogen-bond donors (Lipinski definition) is 2. The zero-order chi connectivity index (χ0) is 31.6. The molecule has 4 atom stereocenters. The Balaban J connectivity index is 1.19. The van der Waals surface area contributed by atoms with Crippen molar-refractivity contribution in [2.45, 2.75) is 89.5 Å². The number of allylic oxidation sites excluding steroid dienone is 1. The van der Waals surface area contributed by atoms with Gasteiger partial charge in [0.15, 0.2) is 5.78 Å². The zero-order valence-corrected chi connectivity index (χ0v) is 27.5. The Hall–Kier alpha value is -3.15. The predicted molar refractivity (Wildman–Crippen MR) is 172 cm³/mol. The predicted octanol–water partition coefficient (Wildman–Crippen LogP) is 5.36. The quantitative estimate of drug-likeness (QED) is 0.270. The summed E-state index contributed by atoms with van der Waals surface area (Å²) in [5.74, 6) is 0.0447. The highest BCUT2D eigenvalue weighted by Crippen LogP contribution is 2.57. The average Bonchev–Trinajstić information content (AvgIpc) is 3.74. The van der Waals surface area contributed by atoms with Gasteiger partial charge in [-0.3, -0.25) is 14.3 Å². The fourth-order valence-corrected chi connectivity index (χ4v) is 8.28. The largest absolute Gasteiger partial charge is 0.488 e. The third-order valence-electron chi connectivity index (χ3n) is 9.76. The average molecular weight is 637 g/mol. The summed E-state index contributed by atoms with van der Waals surface area (Å²) in [6, 6.07) is 5.52. The number of thiazole rings is 1. The number of nitrogens with one attached hydrogen (secondary N) is 2. The number of sulfonamides is 1. The second kappa shape index (κ2) is 11.0. The number of pyridine rings is 1. The van der Waals surface area contributed by atoms with Crippen molar-refractivity contribution < 1.29 is 22.7 Å². The highest BCUT2D eigenvalue weighted by Gasteiger charge is 2.62. The number of fused-ring (bicyclic) bond motifs is 1. The standard InChI is InChI=1S/C33H40N4O5S2/c1-7-21-14-33(21,31(39)37-44(40,41)32(6)10-11-32)15-27(38)24-12-22(16-34-24)42-28-13-25(30-36-26(17-43-30)18(2)3)35-29-20(5)19(4)8-9-23(28)29/h7-9,13,17-18,21-22,24,34H,1,10-12,14-16H2,2-6H3,(H,37,39)/t21-,22?,24+,33-/m1/s1. The molecule has 0 spiro atoms.